The van der Waals surface area contributed by atoms with Gasteiger partial charge in [0.15, 0.2) is 6.10 Å². The molecule has 1 unspecified atom stereocenters. The number of aromatic nitrogens is 2. The zero-order valence-electron chi connectivity index (χ0n) is 18.0. The first-order valence-electron chi connectivity index (χ1n) is 10.7. The van der Waals surface area contributed by atoms with Crippen LogP contribution in [-0.4, -0.2) is 63.5 Å². The third-order valence-corrected chi connectivity index (χ3v) is 6.42. The molecule has 0 saturated carbocycles. The van der Waals surface area contributed by atoms with Gasteiger partial charge in [0.25, 0.3) is 11.5 Å². The molecule has 168 valence electrons. The molecule has 1 amide bonds. The van der Waals surface area contributed by atoms with Crippen LogP contribution in [-0.2, 0) is 27.4 Å². The molecule has 1 atom stereocenters. The zero-order valence-corrected chi connectivity index (χ0v) is 18.8. The van der Waals surface area contributed by atoms with Gasteiger partial charge in [-0.1, -0.05) is 30.3 Å². The molecule has 9 heteroatoms. The van der Waals surface area contributed by atoms with E-state index in [2.05, 4.69) is 22.0 Å². The van der Waals surface area contributed by atoms with E-state index >= 15 is 0 Å². The molecular formula is C23H26N4O4S. The number of amides is 1. The van der Waals surface area contributed by atoms with Gasteiger partial charge in [-0.3, -0.25) is 23.9 Å². The van der Waals surface area contributed by atoms with Crippen molar-refractivity contribution >= 4 is 33.4 Å². The molecule has 0 N–H and O–H groups in total. The number of fused-ring (bicyclic) bond motifs is 1. The molecule has 1 aromatic carbocycles. The van der Waals surface area contributed by atoms with E-state index in [9.17, 15) is 14.4 Å². The number of thiophene rings is 1. The van der Waals surface area contributed by atoms with Crippen LogP contribution < -0.4 is 5.56 Å². The van der Waals surface area contributed by atoms with Gasteiger partial charge in [-0.05, 0) is 23.9 Å². The van der Waals surface area contributed by atoms with Crippen LogP contribution >= 0.6 is 11.3 Å². The number of hydrogen-bond donors (Lipinski definition) is 0. The number of esters is 1. The SMILES string of the molecule is CC(OC(=O)CCn1cnc2sccc2c1=O)C(=O)N1CCN(Cc2ccccc2)CC1. The highest BCUT2D eigenvalue weighted by atomic mass is 32.1. The molecule has 3 heterocycles. The molecule has 0 spiro atoms. The largest absolute Gasteiger partial charge is 0.452 e. The first-order valence-corrected chi connectivity index (χ1v) is 11.6. The number of rotatable bonds is 7. The Morgan fingerprint density at radius 2 is 1.88 bits per heavy atom. The molecule has 1 fully saturated rings. The lowest BCUT2D eigenvalue weighted by Crippen LogP contribution is -2.51. The van der Waals surface area contributed by atoms with Crippen LogP contribution in [0.4, 0.5) is 0 Å². The average molecular weight is 455 g/mol. The van der Waals surface area contributed by atoms with Crippen LogP contribution in [0.2, 0.25) is 0 Å². The molecule has 1 aliphatic rings. The summed E-state index contributed by atoms with van der Waals surface area (Å²) in [6, 6.07) is 12.0. The number of carbonyl (C=O) groups is 2. The molecule has 0 aliphatic carbocycles. The van der Waals surface area contributed by atoms with Crippen LogP contribution in [0.5, 0.6) is 0 Å². The van der Waals surface area contributed by atoms with E-state index in [-0.39, 0.29) is 24.4 Å². The Labute approximate surface area is 190 Å². The standard InChI is InChI=1S/C23H26N4O4S/c1-17(22(29)26-12-10-25(11-13-26)15-18-5-3-2-4-6-18)31-20(28)7-9-27-16-24-21-19(23(27)30)8-14-32-21/h2-6,8,14,16-17H,7,9-13,15H2,1H3. The van der Waals surface area contributed by atoms with E-state index in [1.807, 2.05) is 23.6 Å². The lowest BCUT2D eigenvalue weighted by atomic mass is 10.2. The highest BCUT2D eigenvalue weighted by Crippen LogP contribution is 2.14. The van der Waals surface area contributed by atoms with Crippen molar-refractivity contribution in [2.75, 3.05) is 26.2 Å². The molecule has 1 aliphatic heterocycles. The van der Waals surface area contributed by atoms with Crippen molar-refractivity contribution < 1.29 is 14.3 Å². The molecule has 1 saturated heterocycles. The second-order valence-electron chi connectivity index (χ2n) is 7.85. The number of benzene rings is 1. The van der Waals surface area contributed by atoms with Crippen molar-refractivity contribution in [2.24, 2.45) is 0 Å². The third-order valence-electron chi connectivity index (χ3n) is 5.60. The van der Waals surface area contributed by atoms with Gasteiger partial charge in [0.05, 0.1) is 18.1 Å². The third kappa shape index (κ3) is 5.23. The van der Waals surface area contributed by atoms with E-state index < -0.39 is 12.1 Å². The Kier molecular flexibility index (Phi) is 6.96. The molecule has 3 aromatic rings. The number of hydrogen-bond acceptors (Lipinski definition) is 7. The molecule has 0 bridgehead atoms. The quantitative estimate of drug-likeness (QED) is 0.509. The summed E-state index contributed by atoms with van der Waals surface area (Å²) in [7, 11) is 0. The minimum Gasteiger partial charge on any atom is -0.452 e. The van der Waals surface area contributed by atoms with E-state index in [0.29, 0.717) is 23.3 Å². The van der Waals surface area contributed by atoms with Crippen molar-refractivity contribution in [3.63, 3.8) is 0 Å². The zero-order chi connectivity index (χ0) is 22.5. The Balaban J connectivity index is 1.23. The second-order valence-corrected chi connectivity index (χ2v) is 8.75. The maximum Gasteiger partial charge on any atom is 0.308 e. The predicted molar refractivity (Wildman–Crippen MR) is 122 cm³/mol. The van der Waals surface area contributed by atoms with E-state index in [1.165, 1.54) is 27.8 Å². The van der Waals surface area contributed by atoms with Gasteiger partial charge in [0, 0.05) is 39.3 Å². The van der Waals surface area contributed by atoms with E-state index in [4.69, 9.17) is 4.74 Å². The normalized spacial score (nSPS) is 15.6. The Bertz CT molecular complexity index is 1140. The lowest BCUT2D eigenvalue weighted by Gasteiger charge is -2.35. The maximum atomic E-state index is 12.7. The minimum absolute atomic E-state index is 0.000294. The number of nitrogens with zero attached hydrogens (tertiary/aromatic N) is 4. The summed E-state index contributed by atoms with van der Waals surface area (Å²) in [5.74, 6) is -0.692. The Hall–Kier alpha value is -3.04. The Morgan fingerprint density at radius 3 is 2.62 bits per heavy atom. The smallest absolute Gasteiger partial charge is 0.308 e. The van der Waals surface area contributed by atoms with Gasteiger partial charge >= 0.3 is 5.97 Å². The van der Waals surface area contributed by atoms with Crippen LogP contribution in [0.25, 0.3) is 10.2 Å². The van der Waals surface area contributed by atoms with Crippen LogP contribution in [0, 0.1) is 0 Å². The predicted octanol–water partition coefficient (Wildman–Crippen LogP) is 2.12. The second kappa shape index (κ2) is 10.1. The van der Waals surface area contributed by atoms with E-state index in [0.717, 1.165) is 19.6 Å². The summed E-state index contributed by atoms with van der Waals surface area (Å²) in [6.07, 6.45) is 0.592. The number of ether oxygens (including phenoxy) is 1. The van der Waals surface area contributed by atoms with Crippen molar-refractivity contribution in [1.29, 1.82) is 0 Å². The first kappa shape index (κ1) is 22.2. The van der Waals surface area contributed by atoms with Crippen molar-refractivity contribution in [3.05, 3.63) is 64.0 Å². The fraction of sp³-hybridized carbons (Fsp3) is 0.391. The van der Waals surface area contributed by atoms with Gasteiger partial charge in [-0.25, -0.2) is 4.98 Å². The lowest BCUT2D eigenvalue weighted by molar-refractivity contribution is -0.160. The van der Waals surface area contributed by atoms with Gasteiger partial charge < -0.3 is 9.64 Å². The van der Waals surface area contributed by atoms with Crippen LogP contribution in [0.1, 0.15) is 18.9 Å². The number of carbonyl (C=O) groups excluding carboxylic acids is 2. The van der Waals surface area contributed by atoms with Gasteiger partial charge in [0.1, 0.15) is 4.83 Å². The molecule has 8 nitrogen and oxygen atoms in total. The van der Waals surface area contributed by atoms with Gasteiger partial charge in [-0.2, -0.15) is 0 Å². The van der Waals surface area contributed by atoms with Crippen molar-refractivity contribution in [1.82, 2.24) is 19.4 Å². The molecule has 4 rings (SSSR count). The summed E-state index contributed by atoms with van der Waals surface area (Å²) >= 11 is 1.40. The van der Waals surface area contributed by atoms with Crippen molar-refractivity contribution in [2.45, 2.75) is 32.5 Å². The molecular weight excluding hydrogens is 428 g/mol. The fourth-order valence-electron chi connectivity index (χ4n) is 3.80. The Morgan fingerprint density at radius 1 is 1.12 bits per heavy atom. The molecule has 32 heavy (non-hydrogen) atoms. The highest BCUT2D eigenvalue weighted by molar-refractivity contribution is 7.16. The summed E-state index contributed by atoms with van der Waals surface area (Å²) in [6.45, 7) is 5.39. The maximum absolute atomic E-state index is 12.7. The number of aryl methyl sites for hydroxylation is 1. The van der Waals surface area contributed by atoms with Gasteiger partial charge in [0.2, 0.25) is 0 Å². The van der Waals surface area contributed by atoms with Crippen LogP contribution in [0.15, 0.2) is 52.9 Å². The average Bonchev–Trinajstić information content (AvgIpc) is 3.29. The monoisotopic (exact) mass is 454 g/mol. The summed E-state index contributed by atoms with van der Waals surface area (Å²) in [5.41, 5.74) is 1.07. The fourth-order valence-corrected chi connectivity index (χ4v) is 4.52. The minimum atomic E-state index is -0.850. The highest BCUT2D eigenvalue weighted by Gasteiger charge is 2.27. The summed E-state index contributed by atoms with van der Waals surface area (Å²) in [5, 5.41) is 2.35. The summed E-state index contributed by atoms with van der Waals surface area (Å²) in [4.78, 5) is 46.3. The molecule has 2 aromatic heterocycles. The van der Waals surface area contributed by atoms with E-state index in [1.54, 1.807) is 17.9 Å². The topological polar surface area (TPSA) is 84.7 Å². The van der Waals surface area contributed by atoms with Crippen molar-refractivity contribution in [3.8, 4) is 0 Å². The molecule has 0 radical (unpaired) electrons. The number of piperazine rings is 1. The van der Waals surface area contributed by atoms with Gasteiger partial charge in [-0.15, -0.1) is 11.3 Å². The van der Waals surface area contributed by atoms with Crippen LogP contribution in [0.3, 0.4) is 0 Å². The summed E-state index contributed by atoms with van der Waals surface area (Å²) < 4.78 is 6.74. The first-order chi connectivity index (χ1) is 15.5.